The number of nitrogens with zero attached hydrogens (tertiary/aromatic N) is 1. The lowest BCUT2D eigenvalue weighted by Crippen LogP contribution is -2.41. The van der Waals surface area contributed by atoms with E-state index >= 15 is 4.39 Å². The van der Waals surface area contributed by atoms with Crippen LogP contribution in [0.5, 0.6) is 0 Å². The Morgan fingerprint density at radius 1 is 1.30 bits per heavy atom. The molecule has 1 aliphatic heterocycles. The number of nitrogen functional groups attached to an aromatic ring is 1. The van der Waals surface area contributed by atoms with Crippen molar-refractivity contribution in [2.45, 2.75) is 38.9 Å². The minimum atomic E-state index is -1.21. The zero-order chi connectivity index (χ0) is 20.0. The molecule has 0 bridgehead atoms. The van der Waals surface area contributed by atoms with Gasteiger partial charge in [-0.1, -0.05) is 17.4 Å². The smallest absolute Gasteiger partial charge is 0.464 e. The van der Waals surface area contributed by atoms with Crippen molar-refractivity contribution in [3.05, 3.63) is 38.7 Å². The molecular formula is C17H20BFN2O4S2. The molecule has 10 heteroatoms. The first kappa shape index (κ1) is 20.0. The van der Waals surface area contributed by atoms with Gasteiger partial charge in [0.2, 0.25) is 0 Å². The van der Waals surface area contributed by atoms with E-state index in [1.54, 1.807) is 12.1 Å². The van der Waals surface area contributed by atoms with Gasteiger partial charge >= 0.3 is 13.1 Å². The fourth-order valence-corrected chi connectivity index (χ4v) is 4.29. The number of methoxy groups -OCH3 is 1. The van der Waals surface area contributed by atoms with Crippen LogP contribution in [0.1, 0.15) is 47.9 Å². The van der Waals surface area contributed by atoms with Gasteiger partial charge in [-0.3, -0.25) is 0 Å². The number of thiazole rings is 1. The second-order valence-electron chi connectivity index (χ2n) is 7.01. The molecule has 0 radical (unpaired) electrons. The third-order valence-corrected chi connectivity index (χ3v) is 6.51. The van der Waals surface area contributed by atoms with Crippen LogP contribution < -0.4 is 5.73 Å². The van der Waals surface area contributed by atoms with Gasteiger partial charge in [-0.25, -0.2) is 14.2 Å². The van der Waals surface area contributed by atoms with Crippen LogP contribution in [0.2, 0.25) is 0 Å². The number of esters is 1. The van der Waals surface area contributed by atoms with Crippen LogP contribution in [0.15, 0.2) is 23.2 Å². The number of hydrogen-bond acceptors (Lipinski definition) is 8. The van der Waals surface area contributed by atoms with Crippen molar-refractivity contribution in [1.29, 1.82) is 0 Å². The predicted octanol–water partition coefficient (Wildman–Crippen LogP) is 3.93. The summed E-state index contributed by atoms with van der Waals surface area (Å²) < 4.78 is 32.2. The minimum Gasteiger partial charge on any atom is -0.464 e. The van der Waals surface area contributed by atoms with Crippen molar-refractivity contribution in [3.63, 3.8) is 0 Å². The Kier molecular flexibility index (Phi) is 5.19. The van der Waals surface area contributed by atoms with E-state index < -0.39 is 30.0 Å². The van der Waals surface area contributed by atoms with Gasteiger partial charge in [0.1, 0.15) is 5.73 Å². The predicted molar refractivity (Wildman–Crippen MR) is 105 cm³/mol. The van der Waals surface area contributed by atoms with Gasteiger partial charge in [0, 0.05) is 10.5 Å². The molecule has 2 aromatic rings. The highest BCUT2D eigenvalue weighted by molar-refractivity contribution is 7.17. The van der Waals surface area contributed by atoms with Gasteiger partial charge in [-0.2, -0.15) is 0 Å². The Balaban J connectivity index is 2.17. The van der Waals surface area contributed by atoms with Crippen LogP contribution in [0.25, 0.3) is 5.57 Å². The largest absolute Gasteiger partial charge is 0.525 e. The van der Waals surface area contributed by atoms with E-state index in [2.05, 4.69) is 4.98 Å². The molecule has 0 aromatic carbocycles. The average molecular weight is 410 g/mol. The molecule has 0 aliphatic carbocycles. The third-order valence-electron chi connectivity index (χ3n) is 4.72. The van der Waals surface area contributed by atoms with E-state index in [1.165, 1.54) is 18.4 Å². The number of aromatic nitrogens is 1. The average Bonchev–Trinajstić information content (AvgIpc) is 3.27. The van der Waals surface area contributed by atoms with Crippen molar-refractivity contribution in [2.24, 2.45) is 0 Å². The first-order chi connectivity index (χ1) is 12.6. The first-order valence-corrected chi connectivity index (χ1v) is 9.91. The number of hydrogen-bond donors (Lipinski definition) is 1. The topological polar surface area (TPSA) is 83.7 Å². The van der Waals surface area contributed by atoms with E-state index in [9.17, 15) is 4.79 Å². The molecule has 1 saturated heterocycles. The zero-order valence-electron chi connectivity index (χ0n) is 15.7. The molecule has 144 valence electrons. The zero-order valence-corrected chi connectivity index (χ0v) is 17.3. The lowest BCUT2D eigenvalue weighted by Gasteiger charge is -2.32. The fraction of sp³-hybridized carbons (Fsp3) is 0.412. The molecule has 2 aromatic heterocycles. The maximum Gasteiger partial charge on any atom is 0.525 e. The Hall–Kier alpha value is -1.75. The maximum absolute atomic E-state index is 15.7. The lowest BCUT2D eigenvalue weighted by molar-refractivity contribution is 0.00578. The summed E-state index contributed by atoms with van der Waals surface area (Å²) in [6.45, 7) is 7.37. The number of anilines is 1. The lowest BCUT2D eigenvalue weighted by atomic mass is 9.83. The van der Waals surface area contributed by atoms with Gasteiger partial charge < -0.3 is 19.8 Å². The maximum atomic E-state index is 15.7. The molecule has 3 heterocycles. The van der Waals surface area contributed by atoms with Gasteiger partial charge in [0.15, 0.2) is 10.8 Å². The number of carbonyl (C=O) groups is 1. The van der Waals surface area contributed by atoms with Gasteiger partial charge in [0.05, 0.1) is 23.2 Å². The highest BCUT2D eigenvalue weighted by Gasteiger charge is 2.54. The number of carbonyl (C=O) groups excluding carboxylic acids is 1. The minimum absolute atomic E-state index is 0.0323. The standard InChI is InChI=1S/C17H20BFN2O4S2/c1-16(2)17(3,4)25-18(24-16)13(19)10(9-7-6-8-26-9)12-11(14(22)23-5)21-15(20)27-12/h6-8H,1-5H3,(H2,20,21). The molecule has 1 aliphatic rings. The summed E-state index contributed by atoms with van der Waals surface area (Å²) >= 11 is 2.34. The summed E-state index contributed by atoms with van der Waals surface area (Å²) in [5.74, 6) is -0.686. The molecule has 0 atom stereocenters. The van der Waals surface area contributed by atoms with Crippen LogP contribution in [0, 0.1) is 0 Å². The molecule has 0 unspecified atom stereocenters. The number of ether oxygens (including phenoxy) is 1. The normalized spacial score (nSPS) is 19.1. The van der Waals surface area contributed by atoms with Crippen LogP contribution in [0.3, 0.4) is 0 Å². The van der Waals surface area contributed by atoms with Crippen molar-refractivity contribution >= 4 is 46.5 Å². The molecule has 3 rings (SSSR count). The molecule has 2 N–H and O–H groups in total. The molecule has 27 heavy (non-hydrogen) atoms. The summed E-state index contributed by atoms with van der Waals surface area (Å²) in [4.78, 5) is 17.0. The Morgan fingerprint density at radius 3 is 2.44 bits per heavy atom. The van der Waals surface area contributed by atoms with Crippen molar-refractivity contribution < 1.29 is 23.2 Å². The third kappa shape index (κ3) is 3.54. The monoisotopic (exact) mass is 410 g/mol. The van der Waals surface area contributed by atoms with Crippen LogP contribution in [-0.4, -0.2) is 36.4 Å². The molecule has 0 amide bonds. The summed E-state index contributed by atoms with van der Waals surface area (Å²) in [6, 6.07) is 3.54. The second kappa shape index (κ2) is 7.01. The highest BCUT2D eigenvalue weighted by atomic mass is 32.1. The second-order valence-corrected chi connectivity index (χ2v) is 8.99. The summed E-state index contributed by atoms with van der Waals surface area (Å²) in [5, 5.41) is 1.95. The molecule has 6 nitrogen and oxygen atoms in total. The highest BCUT2D eigenvalue weighted by Crippen LogP contribution is 2.43. The van der Waals surface area contributed by atoms with Crippen LogP contribution in [0.4, 0.5) is 9.52 Å². The number of nitrogens with two attached hydrogens (primary N) is 1. The van der Waals surface area contributed by atoms with E-state index in [0.29, 0.717) is 4.88 Å². The summed E-state index contributed by atoms with van der Waals surface area (Å²) in [7, 11) is 0.0294. The van der Waals surface area contributed by atoms with Crippen LogP contribution in [-0.2, 0) is 14.0 Å². The SMILES string of the molecule is COC(=O)c1nc(N)sc1C(=C(F)B1OC(C)(C)C(C)(C)O1)c1cccs1. The van der Waals surface area contributed by atoms with E-state index in [0.717, 1.165) is 11.3 Å². The summed E-state index contributed by atoms with van der Waals surface area (Å²) in [5.41, 5.74) is 3.91. The number of rotatable bonds is 4. The van der Waals surface area contributed by atoms with E-state index in [1.807, 2.05) is 33.1 Å². The Bertz CT molecular complexity index is 877. The Morgan fingerprint density at radius 2 is 1.93 bits per heavy atom. The molecular weight excluding hydrogens is 390 g/mol. The van der Waals surface area contributed by atoms with Crippen molar-refractivity contribution in [2.75, 3.05) is 12.8 Å². The molecule has 1 fully saturated rings. The van der Waals surface area contributed by atoms with Crippen molar-refractivity contribution in [1.82, 2.24) is 4.98 Å². The van der Waals surface area contributed by atoms with Gasteiger partial charge in [0.25, 0.3) is 0 Å². The Labute approximate surface area is 165 Å². The molecule has 0 spiro atoms. The first-order valence-electron chi connectivity index (χ1n) is 8.21. The summed E-state index contributed by atoms with van der Waals surface area (Å²) in [6.07, 6.45) is 0. The van der Waals surface area contributed by atoms with Crippen LogP contribution >= 0.6 is 22.7 Å². The van der Waals surface area contributed by atoms with Gasteiger partial charge in [-0.15, -0.1) is 11.3 Å². The molecule has 0 saturated carbocycles. The van der Waals surface area contributed by atoms with Gasteiger partial charge in [-0.05, 0) is 39.1 Å². The number of thiophene rings is 1. The number of halogens is 1. The fourth-order valence-electron chi connectivity index (χ4n) is 2.56. The quantitative estimate of drug-likeness (QED) is 0.608. The van der Waals surface area contributed by atoms with Crippen molar-refractivity contribution in [3.8, 4) is 0 Å². The van der Waals surface area contributed by atoms with E-state index in [4.69, 9.17) is 19.8 Å². The van der Waals surface area contributed by atoms with E-state index in [-0.39, 0.29) is 21.3 Å².